The van der Waals surface area contributed by atoms with Crippen molar-refractivity contribution in [1.29, 1.82) is 0 Å². The van der Waals surface area contributed by atoms with Crippen molar-refractivity contribution in [3.63, 3.8) is 0 Å². The Morgan fingerprint density at radius 3 is 2.74 bits per heavy atom. The molecule has 0 radical (unpaired) electrons. The maximum absolute atomic E-state index is 13.0. The summed E-state index contributed by atoms with van der Waals surface area (Å²) >= 11 is 6.20. The summed E-state index contributed by atoms with van der Waals surface area (Å²) in [6.07, 6.45) is 1.54. The van der Waals surface area contributed by atoms with Gasteiger partial charge in [0.15, 0.2) is 0 Å². The summed E-state index contributed by atoms with van der Waals surface area (Å²) in [5.41, 5.74) is 13.4. The molecule has 0 amide bonds. The Balaban J connectivity index is 2.47. The van der Waals surface area contributed by atoms with E-state index in [1.165, 1.54) is 4.57 Å². The van der Waals surface area contributed by atoms with Gasteiger partial charge in [0, 0.05) is 0 Å². The first-order valence-electron chi connectivity index (χ1n) is 7.09. The third kappa shape index (κ3) is 2.56. The van der Waals surface area contributed by atoms with E-state index in [2.05, 4.69) is 9.97 Å². The molecular formula is C16H16ClN5O. The summed E-state index contributed by atoms with van der Waals surface area (Å²) in [5, 5.41) is 0.709. The number of benzene rings is 1. The van der Waals surface area contributed by atoms with Gasteiger partial charge in [-0.2, -0.15) is 0 Å². The van der Waals surface area contributed by atoms with Crippen LogP contribution in [0.15, 0.2) is 35.3 Å². The predicted molar refractivity (Wildman–Crippen MR) is 91.9 cm³/mol. The molecule has 4 N–H and O–H groups in total. The van der Waals surface area contributed by atoms with Gasteiger partial charge in [-0.3, -0.25) is 9.36 Å². The second kappa shape index (κ2) is 5.64. The minimum Gasteiger partial charge on any atom is -0.384 e. The molecule has 0 fully saturated rings. The first kappa shape index (κ1) is 15.5. The van der Waals surface area contributed by atoms with Crippen LogP contribution in [-0.2, 0) is 0 Å². The first-order chi connectivity index (χ1) is 10.9. The van der Waals surface area contributed by atoms with Crippen LogP contribution in [0.1, 0.15) is 24.4 Å². The van der Waals surface area contributed by atoms with Crippen molar-refractivity contribution in [2.24, 2.45) is 5.73 Å². The van der Waals surface area contributed by atoms with Gasteiger partial charge >= 0.3 is 0 Å². The summed E-state index contributed by atoms with van der Waals surface area (Å²) < 4.78 is 1.46. The van der Waals surface area contributed by atoms with E-state index in [0.29, 0.717) is 33.3 Å². The number of halogens is 1. The molecule has 0 bridgehead atoms. The molecule has 6 nitrogen and oxygen atoms in total. The largest absolute Gasteiger partial charge is 0.384 e. The van der Waals surface area contributed by atoms with E-state index in [0.717, 1.165) is 5.56 Å². The molecule has 23 heavy (non-hydrogen) atoms. The Morgan fingerprint density at radius 1 is 1.35 bits per heavy atom. The van der Waals surface area contributed by atoms with E-state index in [-0.39, 0.29) is 5.56 Å². The average Bonchev–Trinajstić information content (AvgIpc) is 2.48. The normalized spacial score (nSPS) is 12.5. The number of fused-ring (bicyclic) bond motifs is 1. The molecule has 0 unspecified atom stereocenters. The molecule has 1 aromatic carbocycles. The van der Waals surface area contributed by atoms with E-state index >= 15 is 0 Å². The van der Waals surface area contributed by atoms with Gasteiger partial charge in [-0.15, -0.1) is 0 Å². The summed E-state index contributed by atoms with van der Waals surface area (Å²) in [4.78, 5) is 21.6. The van der Waals surface area contributed by atoms with Gasteiger partial charge in [0.2, 0.25) is 0 Å². The van der Waals surface area contributed by atoms with Crippen molar-refractivity contribution in [3.8, 4) is 5.69 Å². The molecule has 118 valence electrons. The highest BCUT2D eigenvalue weighted by Crippen LogP contribution is 2.23. The van der Waals surface area contributed by atoms with Crippen molar-refractivity contribution in [2.45, 2.75) is 19.9 Å². The lowest BCUT2D eigenvalue weighted by molar-refractivity contribution is 0.694. The molecule has 1 atom stereocenters. The Bertz CT molecular complexity index is 965. The zero-order valence-corrected chi connectivity index (χ0v) is 13.5. The van der Waals surface area contributed by atoms with Gasteiger partial charge in [-0.05, 0) is 37.6 Å². The van der Waals surface area contributed by atoms with Gasteiger partial charge in [-0.1, -0.05) is 17.7 Å². The fourth-order valence-corrected chi connectivity index (χ4v) is 2.80. The molecule has 0 spiro atoms. The molecule has 0 saturated carbocycles. The van der Waals surface area contributed by atoms with Crippen LogP contribution in [0.25, 0.3) is 16.6 Å². The highest BCUT2D eigenvalue weighted by Gasteiger charge is 2.18. The van der Waals surface area contributed by atoms with E-state index in [1.807, 2.05) is 6.92 Å². The number of nitrogens with zero attached hydrogens (tertiary/aromatic N) is 3. The second-order valence-electron chi connectivity index (χ2n) is 5.43. The average molecular weight is 330 g/mol. The number of hydrogen-bond donors (Lipinski definition) is 2. The Kier molecular flexibility index (Phi) is 3.79. The molecule has 2 aromatic heterocycles. The SMILES string of the molecule is Cc1cc(N)ncc1-n1c([C@H](C)N)nc2cccc(Cl)c2c1=O. The number of anilines is 1. The molecular weight excluding hydrogens is 314 g/mol. The topological polar surface area (TPSA) is 99.8 Å². The molecule has 0 aliphatic rings. The van der Waals surface area contributed by atoms with E-state index in [1.54, 1.807) is 37.4 Å². The van der Waals surface area contributed by atoms with Crippen LogP contribution in [-0.4, -0.2) is 14.5 Å². The van der Waals surface area contributed by atoms with Crippen molar-refractivity contribution < 1.29 is 0 Å². The van der Waals surface area contributed by atoms with E-state index in [4.69, 9.17) is 23.1 Å². The molecule has 3 aromatic rings. The zero-order chi connectivity index (χ0) is 16.7. The van der Waals surface area contributed by atoms with Gasteiger partial charge in [0.25, 0.3) is 5.56 Å². The van der Waals surface area contributed by atoms with Crippen molar-refractivity contribution in [3.05, 3.63) is 57.2 Å². The number of aryl methyl sites for hydroxylation is 1. The zero-order valence-electron chi connectivity index (χ0n) is 12.7. The van der Waals surface area contributed by atoms with Crippen molar-refractivity contribution in [2.75, 3.05) is 5.73 Å². The fraction of sp³-hybridized carbons (Fsp3) is 0.188. The lowest BCUT2D eigenvalue weighted by Crippen LogP contribution is -2.28. The summed E-state index contributed by atoms with van der Waals surface area (Å²) in [6, 6.07) is 6.42. The minimum atomic E-state index is -0.442. The third-order valence-corrected chi connectivity index (χ3v) is 3.94. The highest BCUT2D eigenvalue weighted by atomic mass is 35.5. The standard InChI is InChI=1S/C16H16ClN5O/c1-8-6-13(19)20-7-12(8)22-15(9(2)18)21-11-5-3-4-10(17)14(11)16(22)23/h3-7,9H,18H2,1-2H3,(H2,19,20)/t9-/m0/s1. The number of nitrogen functional groups attached to an aromatic ring is 1. The van der Waals surface area contributed by atoms with Crippen molar-refractivity contribution in [1.82, 2.24) is 14.5 Å². The van der Waals surface area contributed by atoms with E-state index in [9.17, 15) is 4.79 Å². The molecule has 0 aliphatic carbocycles. The fourth-order valence-electron chi connectivity index (χ4n) is 2.55. The maximum Gasteiger partial charge on any atom is 0.267 e. The van der Waals surface area contributed by atoms with Crippen LogP contribution in [0.4, 0.5) is 5.82 Å². The lowest BCUT2D eigenvalue weighted by Gasteiger charge is -2.17. The second-order valence-corrected chi connectivity index (χ2v) is 5.84. The summed E-state index contributed by atoms with van der Waals surface area (Å²) in [6.45, 7) is 3.62. The van der Waals surface area contributed by atoms with Crippen molar-refractivity contribution >= 4 is 28.3 Å². The van der Waals surface area contributed by atoms with Gasteiger partial charge in [0.05, 0.1) is 33.9 Å². The quantitative estimate of drug-likeness (QED) is 0.751. The monoisotopic (exact) mass is 329 g/mol. The summed E-state index contributed by atoms with van der Waals surface area (Å²) in [7, 11) is 0. The Labute approximate surface area is 137 Å². The summed E-state index contributed by atoms with van der Waals surface area (Å²) in [5.74, 6) is 0.827. The van der Waals surface area contributed by atoms with Gasteiger partial charge < -0.3 is 11.5 Å². The minimum absolute atomic E-state index is 0.275. The number of rotatable bonds is 2. The number of hydrogen-bond acceptors (Lipinski definition) is 5. The van der Waals surface area contributed by atoms with Crippen LogP contribution in [0.2, 0.25) is 5.02 Å². The Morgan fingerprint density at radius 2 is 2.09 bits per heavy atom. The highest BCUT2D eigenvalue weighted by molar-refractivity contribution is 6.35. The lowest BCUT2D eigenvalue weighted by atomic mass is 10.2. The van der Waals surface area contributed by atoms with Crippen LogP contribution in [0.5, 0.6) is 0 Å². The number of aromatic nitrogens is 3. The molecule has 0 aliphatic heterocycles. The first-order valence-corrected chi connectivity index (χ1v) is 7.47. The molecule has 0 saturated heterocycles. The van der Waals surface area contributed by atoms with Crippen LogP contribution in [0, 0.1) is 6.92 Å². The predicted octanol–water partition coefficient (Wildman–Crippen LogP) is 2.34. The smallest absolute Gasteiger partial charge is 0.267 e. The molecule has 7 heteroatoms. The molecule has 3 rings (SSSR count). The number of nitrogens with two attached hydrogens (primary N) is 2. The van der Waals surface area contributed by atoms with Crippen LogP contribution < -0.4 is 17.0 Å². The molecule has 2 heterocycles. The van der Waals surface area contributed by atoms with Gasteiger partial charge in [0.1, 0.15) is 11.6 Å². The van der Waals surface area contributed by atoms with Crippen LogP contribution in [0.3, 0.4) is 0 Å². The third-order valence-electron chi connectivity index (χ3n) is 3.63. The van der Waals surface area contributed by atoms with Crippen LogP contribution >= 0.6 is 11.6 Å². The maximum atomic E-state index is 13.0. The number of pyridine rings is 1. The van der Waals surface area contributed by atoms with E-state index < -0.39 is 6.04 Å². The van der Waals surface area contributed by atoms with Gasteiger partial charge in [-0.25, -0.2) is 9.97 Å². The Hall–Kier alpha value is -2.44.